The molecule has 0 amide bonds. The number of H-pyrrole nitrogens is 1. The second kappa shape index (κ2) is 3.93. The third-order valence-corrected chi connectivity index (χ3v) is 2.67. The van der Waals surface area contributed by atoms with Gasteiger partial charge in [0.1, 0.15) is 5.56 Å². The number of carboxylic acids is 1. The average Bonchev–Trinajstić information content (AvgIpc) is 2.64. The number of nitrogens with one attached hydrogen (secondary N) is 1. The van der Waals surface area contributed by atoms with Gasteiger partial charge >= 0.3 is 5.97 Å². The van der Waals surface area contributed by atoms with E-state index in [1.807, 2.05) is 32.0 Å². The fourth-order valence-electron chi connectivity index (χ4n) is 1.77. The van der Waals surface area contributed by atoms with Crippen LogP contribution in [0.25, 0.3) is 11.3 Å². The molecule has 5 nitrogen and oxygen atoms in total. The van der Waals surface area contributed by atoms with Crippen LogP contribution in [0.4, 0.5) is 5.82 Å². The summed E-state index contributed by atoms with van der Waals surface area (Å²) in [5.41, 5.74) is 8.86. The Bertz CT molecular complexity index is 587. The number of nitrogens with two attached hydrogens (primary N) is 1. The number of anilines is 1. The van der Waals surface area contributed by atoms with Gasteiger partial charge in [-0.3, -0.25) is 5.10 Å². The van der Waals surface area contributed by atoms with Crippen LogP contribution in [0, 0.1) is 13.8 Å². The van der Waals surface area contributed by atoms with E-state index < -0.39 is 5.97 Å². The zero-order valence-corrected chi connectivity index (χ0v) is 9.61. The van der Waals surface area contributed by atoms with Crippen LogP contribution in [0.1, 0.15) is 21.5 Å². The molecule has 0 aliphatic carbocycles. The van der Waals surface area contributed by atoms with E-state index in [1.165, 1.54) is 0 Å². The number of carboxylic acid groups (broad SMARTS) is 1. The van der Waals surface area contributed by atoms with Crippen molar-refractivity contribution in [3.8, 4) is 11.3 Å². The Labute approximate surface area is 98.3 Å². The topological polar surface area (TPSA) is 92.0 Å². The fraction of sp³-hybridized carbons (Fsp3) is 0.167. The molecule has 0 saturated carbocycles. The molecular weight excluding hydrogens is 218 g/mol. The predicted octanol–water partition coefficient (Wildman–Crippen LogP) is 1.97. The van der Waals surface area contributed by atoms with Crippen LogP contribution in [0.2, 0.25) is 0 Å². The Balaban J connectivity index is 2.68. The summed E-state index contributed by atoms with van der Waals surface area (Å²) in [6, 6.07) is 5.82. The molecule has 0 saturated heterocycles. The first kappa shape index (κ1) is 11.2. The summed E-state index contributed by atoms with van der Waals surface area (Å²) in [7, 11) is 0. The largest absolute Gasteiger partial charge is 0.477 e. The molecule has 0 fully saturated rings. The number of aryl methyl sites for hydroxylation is 2. The smallest absolute Gasteiger partial charge is 0.341 e. The lowest BCUT2D eigenvalue weighted by Gasteiger charge is -2.06. The van der Waals surface area contributed by atoms with Crippen LogP contribution in [-0.4, -0.2) is 21.3 Å². The van der Waals surface area contributed by atoms with E-state index in [0.29, 0.717) is 5.69 Å². The summed E-state index contributed by atoms with van der Waals surface area (Å²) >= 11 is 0. The van der Waals surface area contributed by atoms with E-state index in [2.05, 4.69) is 10.2 Å². The summed E-state index contributed by atoms with van der Waals surface area (Å²) in [6.07, 6.45) is 0. The first-order valence-corrected chi connectivity index (χ1v) is 5.15. The molecule has 2 rings (SSSR count). The van der Waals surface area contributed by atoms with Crippen molar-refractivity contribution in [3.63, 3.8) is 0 Å². The van der Waals surface area contributed by atoms with E-state index >= 15 is 0 Å². The van der Waals surface area contributed by atoms with Crippen LogP contribution >= 0.6 is 0 Å². The third kappa shape index (κ3) is 1.87. The Morgan fingerprint density at radius 1 is 1.41 bits per heavy atom. The lowest BCUT2D eigenvalue weighted by molar-refractivity contribution is 0.0699. The minimum atomic E-state index is -1.08. The van der Waals surface area contributed by atoms with Crippen LogP contribution in [-0.2, 0) is 0 Å². The number of aromatic amines is 1. The maximum atomic E-state index is 11.1. The first-order valence-electron chi connectivity index (χ1n) is 5.15. The molecular formula is C12H13N3O2. The van der Waals surface area contributed by atoms with Crippen molar-refractivity contribution in [3.05, 3.63) is 34.9 Å². The van der Waals surface area contributed by atoms with Gasteiger partial charge in [0.2, 0.25) is 0 Å². The average molecular weight is 231 g/mol. The summed E-state index contributed by atoms with van der Waals surface area (Å²) in [4.78, 5) is 11.1. The zero-order valence-electron chi connectivity index (χ0n) is 9.61. The second-order valence-corrected chi connectivity index (χ2v) is 3.98. The normalized spacial score (nSPS) is 10.5. The number of hydrogen-bond acceptors (Lipinski definition) is 3. The highest BCUT2D eigenvalue weighted by molar-refractivity contribution is 5.99. The number of benzene rings is 1. The number of hydrogen-bond donors (Lipinski definition) is 3. The number of rotatable bonds is 2. The highest BCUT2D eigenvalue weighted by Crippen LogP contribution is 2.28. The summed E-state index contributed by atoms with van der Waals surface area (Å²) in [5, 5.41) is 15.6. The highest BCUT2D eigenvalue weighted by atomic mass is 16.4. The Morgan fingerprint density at radius 3 is 2.76 bits per heavy atom. The van der Waals surface area contributed by atoms with Gasteiger partial charge in [-0.2, -0.15) is 5.10 Å². The molecule has 5 heteroatoms. The van der Waals surface area contributed by atoms with Crippen LogP contribution in [0.5, 0.6) is 0 Å². The molecule has 0 aliphatic heterocycles. The van der Waals surface area contributed by atoms with E-state index in [1.54, 1.807) is 0 Å². The zero-order chi connectivity index (χ0) is 12.6. The van der Waals surface area contributed by atoms with Gasteiger partial charge in [0.25, 0.3) is 0 Å². The van der Waals surface area contributed by atoms with Gasteiger partial charge in [0, 0.05) is 5.56 Å². The maximum Gasteiger partial charge on any atom is 0.341 e. The van der Waals surface area contributed by atoms with Crippen LogP contribution in [0.15, 0.2) is 18.2 Å². The predicted molar refractivity (Wildman–Crippen MR) is 64.9 cm³/mol. The standard InChI is InChI=1S/C12H13N3O2/c1-6-3-4-7(2)8(5-6)10-9(12(16)17)11(13)15-14-10/h3-5H,1-2H3,(H,16,17)(H3,13,14,15). The maximum absolute atomic E-state index is 11.1. The molecule has 0 aliphatic rings. The molecule has 0 spiro atoms. The SMILES string of the molecule is Cc1ccc(C)c(-c2[nH]nc(N)c2C(=O)O)c1. The molecule has 0 bridgehead atoms. The van der Waals surface area contributed by atoms with Crippen molar-refractivity contribution in [1.29, 1.82) is 0 Å². The van der Waals surface area contributed by atoms with Gasteiger partial charge in [0.05, 0.1) is 5.69 Å². The second-order valence-electron chi connectivity index (χ2n) is 3.98. The van der Waals surface area contributed by atoms with Crippen molar-refractivity contribution < 1.29 is 9.90 Å². The fourth-order valence-corrected chi connectivity index (χ4v) is 1.77. The number of nitrogens with zero attached hydrogens (tertiary/aromatic N) is 1. The van der Waals surface area contributed by atoms with Crippen molar-refractivity contribution in [2.75, 3.05) is 5.73 Å². The molecule has 88 valence electrons. The number of carbonyl (C=O) groups is 1. The van der Waals surface area contributed by atoms with Gasteiger partial charge in [0.15, 0.2) is 5.82 Å². The Morgan fingerprint density at radius 2 is 2.12 bits per heavy atom. The minimum absolute atomic E-state index is 0.00778. The lowest BCUT2D eigenvalue weighted by atomic mass is 10.00. The van der Waals surface area contributed by atoms with E-state index in [9.17, 15) is 4.79 Å². The van der Waals surface area contributed by atoms with Gasteiger partial charge in [-0.25, -0.2) is 4.79 Å². The molecule has 1 aromatic heterocycles. The summed E-state index contributed by atoms with van der Waals surface area (Å²) in [5.74, 6) is -1.07. The van der Waals surface area contributed by atoms with Gasteiger partial charge in [-0.05, 0) is 25.5 Å². The molecule has 0 atom stereocenters. The molecule has 1 heterocycles. The molecule has 1 aromatic carbocycles. The Kier molecular flexibility index (Phi) is 2.59. The molecule has 17 heavy (non-hydrogen) atoms. The highest BCUT2D eigenvalue weighted by Gasteiger charge is 2.20. The van der Waals surface area contributed by atoms with Crippen molar-refractivity contribution in [1.82, 2.24) is 10.2 Å². The minimum Gasteiger partial charge on any atom is -0.477 e. The third-order valence-electron chi connectivity index (χ3n) is 2.67. The number of aromatic carboxylic acids is 1. The van der Waals surface area contributed by atoms with Gasteiger partial charge in [-0.15, -0.1) is 0 Å². The Hall–Kier alpha value is -2.30. The van der Waals surface area contributed by atoms with Crippen LogP contribution in [0.3, 0.4) is 0 Å². The lowest BCUT2D eigenvalue weighted by Crippen LogP contribution is -2.02. The van der Waals surface area contributed by atoms with Crippen molar-refractivity contribution >= 4 is 11.8 Å². The molecule has 0 radical (unpaired) electrons. The van der Waals surface area contributed by atoms with Crippen molar-refractivity contribution in [2.45, 2.75) is 13.8 Å². The monoisotopic (exact) mass is 231 g/mol. The van der Waals surface area contributed by atoms with Gasteiger partial charge in [-0.1, -0.05) is 17.7 Å². The number of nitrogen functional groups attached to an aromatic ring is 1. The first-order chi connectivity index (χ1) is 8.00. The number of aromatic nitrogens is 2. The van der Waals surface area contributed by atoms with Crippen molar-refractivity contribution in [2.24, 2.45) is 0 Å². The summed E-state index contributed by atoms with van der Waals surface area (Å²) < 4.78 is 0. The van der Waals surface area contributed by atoms with Gasteiger partial charge < -0.3 is 10.8 Å². The van der Waals surface area contributed by atoms with E-state index in [4.69, 9.17) is 10.8 Å². The van der Waals surface area contributed by atoms with E-state index in [-0.39, 0.29) is 11.4 Å². The molecule has 2 aromatic rings. The molecule has 4 N–H and O–H groups in total. The van der Waals surface area contributed by atoms with E-state index in [0.717, 1.165) is 16.7 Å². The molecule has 0 unspecified atom stereocenters. The summed E-state index contributed by atoms with van der Waals surface area (Å²) in [6.45, 7) is 3.86. The quantitative estimate of drug-likeness (QED) is 0.736. The van der Waals surface area contributed by atoms with Crippen LogP contribution < -0.4 is 5.73 Å².